The highest BCUT2D eigenvalue weighted by molar-refractivity contribution is 7.91. The molecule has 0 heterocycles. The molecule has 0 bridgehead atoms. The van der Waals surface area contributed by atoms with Crippen LogP contribution in [0.3, 0.4) is 0 Å². The van der Waals surface area contributed by atoms with Crippen LogP contribution in [0.15, 0.2) is 72.8 Å². The summed E-state index contributed by atoms with van der Waals surface area (Å²) in [6.07, 6.45) is 0. The Morgan fingerprint density at radius 3 is 1.00 bits per heavy atom. The first-order valence-electron chi connectivity index (χ1n) is 7.98. The molecule has 2 nitrogen and oxygen atoms in total. The van der Waals surface area contributed by atoms with Gasteiger partial charge in [-0.15, -0.1) is 0 Å². The van der Waals surface area contributed by atoms with Gasteiger partial charge in [0, 0.05) is 5.26 Å². The summed E-state index contributed by atoms with van der Waals surface area (Å²) in [5.41, 5.74) is 3.49. The van der Waals surface area contributed by atoms with Crippen molar-refractivity contribution >= 4 is 23.4 Å². The van der Waals surface area contributed by atoms with E-state index in [1.165, 1.54) is 0 Å². The quantitative estimate of drug-likeness (QED) is 0.399. The molecule has 24 heavy (non-hydrogen) atoms. The van der Waals surface area contributed by atoms with Crippen molar-refractivity contribution in [2.24, 2.45) is 0 Å². The molecule has 3 aromatic rings. The van der Waals surface area contributed by atoms with Crippen molar-refractivity contribution in [3.63, 3.8) is 0 Å². The number of aryl methyl sites for hydroxylation is 3. The first kappa shape index (κ1) is 16.9. The molecule has 0 saturated heterocycles. The lowest BCUT2D eigenvalue weighted by Crippen LogP contribution is -2.32. The molecule has 0 atom stereocenters. The highest BCUT2D eigenvalue weighted by Crippen LogP contribution is 2.55. The standard InChI is InChI=1S/C21H21O2P/c1-16-4-10-19(11-5-16)24(23-22,20-12-6-17(2)7-13-20)21-14-8-18(3)9-15-21/h4-15H,1-3H3/q+1. The SMILES string of the molecule is Cc1ccc([P+](O[O])(c2ccc(C)cc2)c2ccc(C)cc2)cc1. The Morgan fingerprint density at radius 2 is 0.792 bits per heavy atom. The molecule has 0 fully saturated rings. The summed E-state index contributed by atoms with van der Waals surface area (Å²) in [6, 6.07) is 24.3. The van der Waals surface area contributed by atoms with Gasteiger partial charge in [-0.3, -0.25) is 0 Å². The van der Waals surface area contributed by atoms with E-state index in [2.05, 4.69) is 0 Å². The molecule has 3 heteroatoms. The van der Waals surface area contributed by atoms with Crippen molar-refractivity contribution in [3.8, 4) is 0 Å². The molecular formula is C21H21O2P+. The van der Waals surface area contributed by atoms with Gasteiger partial charge in [0.05, 0.1) is 0 Å². The Kier molecular flexibility index (Phi) is 4.82. The van der Waals surface area contributed by atoms with Crippen molar-refractivity contribution in [1.29, 1.82) is 0 Å². The zero-order valence-electron chi connectivity index (χ0n) is 14.2. The van der Waals surface area contributed by atoms with Gasteiger partial charge < -0.3 is 0 Å². The molecular weight excluding hydrogens is 315 g/mol. The normalized spacial score (nSPS) is 11.5. The number of benzene rings is 3. The van der Waals surface area contributed by atoms with Crippen molar-refractivity contribution in [2.75, 3.05) is 0 Å². The number of rotatable bonds is 4. The van der Waals surface area contributed by atoms with Crippen LogP contribution in [0.2, 0.25) is 0 Å². The van der Waals surface area contributed by atoms with Gasteiger partial charge in [-0.2, -0.15) is 0 Å². The van der Waals surface area contributed by atoms with Gasteiger partial charge in [0.1, 0.15) is 15.9 Å². The van der Waals surface area contributed by atoms with E-state index in [1.54, 1.807) is 0 Å². The predicted molar refractivity (Wildman–Crippen MR) is 101 cm³/mol. The Hall–Kier alpha value is -1.99. The fourth-order valence-corrected chi connectivity index (χ4v) is 5.70. The van der Waals surface area contributed by atoms with Crippen molar-refractivity contribution in [3.05, 3.63) is 89.5 Å². The minimum absolute atomic E-state index is 0.941. The van der Waals surface area contributed by atoms with E-state index >= 15 is 0 Å². The van der Waals surface area contributed by atoms with Gasteiger partial charge in [0.25, 0.3) is 7.49 Å². The van der Waals surface area contributed by atoms with Crippen LogP contribution in [-0.4, -0.2) is 0 Å². The van der Waals surface area contributed by atoms with Gasteiger partial charge in [-0.05, 0) is 61.8 Å². The smallest absolute Gasteiger partial charge is 0.0553 e. The molecule has 0 spiro atoms. The maximum absolute atomic E-state index is 12.2. The fourth-order valence-electron chi connectivity index (χ4n) is 2.84. The molecule has 1 radical (unpaired) electrons. The molecule has 0 aliphatic carbocycles. The molecule has 3 aromatic carbocycles. The average molecular weight is 336 g/mol. The van der Waals surface area contributed by atoms with Crippen LogP contribution in [0.25, 0.3) is 0 Å². The summed E-state index contributed by atoms with van der Waals surface area (Å²) in [6.45, 7) is 6.12. The summed E-state index contributed by atoms with van der Waals surface area (Å²) in [7, 11) is -2.65. The van der Waals surface area contributed by atoms with E-state index in [9.17, 15) is 5.26 Å². The van der Waals surface area contributed by atoms with Crippen molar-refractivity contribution < 1.29 is 9.93 Å². The van der Waals surface area contributed by atoms with E-state index in [4.69, 9.17) is 4.67 Å². The average Bonchev–Trinajstić information content (AvgIpc) is 2.60. The molecule has 0 aromatic heterocycles. The third-order valence-corrected chi connectivity index (χ3v) is 7.60. The second-order valence-corrected chi connectivity index (χ2v) is 9.11. The first-order chi connectivity index (χ1) is 11.6. The van der Waals surface area contributed by atoms with Gasteiger partial charge in [0.15, 0.2) is 0 Å². The fraction of sp³-hybridized carbons (Fsp3) is 0.143. The summed E-state index contributed by atoms with van der Waals surface area (Å²) in [5.74, 6) is 0. The minimum atomic E-state index is -2.65. The lowest BCUT2D eigenvalue weighted by atomic mass is 10.2. The van der Waals surface area contributed by atoms with E-state index in [1.807, 2.05) is 93.6 Å². The van der Waals surface area contributed by atoms with Gasteiger partial charge in [-0.25, -0.2) is 0 Å². The lowest BCUT2D eigenvalue weighted by molar-refractivity contribution is -0.200. The van der Waals surface area contributed by atoms with E-state index in [0.29, 0.717) is 0 Å². The van der Waals surface area contributed by atoms with Crippen LogP contribution in [0.4, 0.5) is 0 Å². The Balaban J connectivity index is 2.27. The second-order valence-electron chi connectivity index (χ2n) is 6.19. The van der Waals surface area contributed by atoms with Gasteiger partial charge in [0.2, 0.25) is 0 Å². The summed E-state index contributed by atoms with van der Waals surface area (Å²) in [4.78, 5) is 0. The molecule has 0 amide bonds. The number of hydrogen-bond donors (Lipinski definition) is 0. The lowest BCUT2D eigenvalue weighted by Gasteiger charge is -2.21. The Labute approximate surface area is 144 Å². The predicted octanol–water partition coefficient (Wildman–Crippen LogP) is 4.18. The van der Waals surface area contributed by atoms with Crippen LogP contribution in [-0.2, 0) is 9.93 Å². The maximum atomic E-state index is 12.2. The van der Waals surface area contributed by atoms with Crippen LogP contribution in [0, 0.1) is 20.8 Å². The Bertz CT molecular complexity index is 695. The van der Waals surface area contributed by atoms with Crippen LogP contribution < -0.4 is 15.9 Å². The molecule has 0 unspecified atom stereocenters. The molecule has 0 aliphatic heterocycles. The largest absolute Gasteiger partial charge is 0.287 e. The third kappa shape index (κ3) is 3.01. The van der Waals surface area contributed by atoms with Crippen LogP contribution in [0.1, 0.15) is 16.7 Å². The molecule has 0 aliphatic rings. The first-order valence-corrected chi connectivity index (χ1v) is 9.69. The van der Waals surface area contributed by atoms with E-state index in [-0.39, 0.29) is 0 Å². The molecule has 121 valence electrons. The van der Waals surface area contributed by atoms with E-state index < -0.39 is 7.49 Å². The zero-order chi connectivity index (χ0) is 17.2. The van der Waals surface area contributed by atoms with Crippen LogP contribution >= 0.6 is 7.49 Å². The molecule has 0 N–H and O–H groups in total. The van der Waals surface area contributed by atoms with Crippen molar-refractivity contribution in [2.45, 2.75) is 20.8 Å². The monoisotopic (exact) mass is 336 g/mol. The van der Waals surface area contributed by atoms with Crippen molar-refractivity contribution in [1.82, 2.24) is 0 Å². The third-order valence-electron chi connectivity index (χ3n) is 4.30. The van der Waals surface area contributed by atoms with Crippen LogP contribution in [0.5, 0.6) is 0 Å². The van der Waals surface area contributed by atoms with Gasteiger partial charge in [-0.1, -0.05) is 53.1 Å². The maximum Gasteiger partial charge on any atom is 0.287 e. The second kappa shape index (κ2) is 6.86. The summed E-state index contributed by atoms with van der Waals surface area (Å²) >= 11 is 0. The highest BCUT2D eigenvalue weighted by Gasteiger charge is 2.50. The van der Waals surface area contributed by atoms with E-state index in [0.717, 1.165) is 32.6 Å². The topological polar surface area (TPSA) is 29.1 Å². The minimum Gasteiger partial charge on any atom is -0.0553 e. The zero-order valence-corrected chi connectivity index (χ0v) is 15.1. The highest BCUT2D eigenvalue weighted by atomic mass is 31.2. The Morgan fingerprint density at radius 1 is 0.542 bits per heavy atom. The number of hydrogen-bond acceptors (Lipinski definition) is 1. The van der Waals surface area contributed by atoms with Gasteiger partial charge >= 0.3 is 0 Å². The molecule has 3 rings (SSSR count). The molecule has 0 saturated carbocycles. The summed E-state index contributed by atoms with van der Waals surface area (Å²) < 4.78 is 5.08. The summed E-state index contributed by atoms with van der Waals surface area (Å²) in [5, 5.41) is 15.0.